The van der Waals surface area contributed by atoms with Crippen molar-refractivity contribution in [3.8, 4) is 0 Å². The van der Waals surface area contributed by atoms with Gasteiger partial charge in [-0.15, -0.1) is 0 Å². The number of benzene rings is 2. The summed E-state index contributed by atoms with van der Waals surface area (Å²) in [5.41, 5.74) is 4.25. The first kappa shape index (κ1) is 24.5. The normalized spacial score (nSPS) is 14.5. The van der Waals surface area contributed by atoms with Gasteiger partial charge in [0.25, 0.3) is 11.8 Å². The molecule has 0 unspecified atom stereocenters. The van der Waals surface area contributed by atoms with Crippen molar-refractivity contribution in [3.05, 3.63) is 82.1 Å². The third-order valence-electron chi connectivity index (χ3n) is 5.65. The molecule has 1 fully saturated rings. The minimum Gasteiger partial charge on any atom is -0.340 e. The zero-order valence-electron chi connectivity index (χ0n) is 19.0. The molecule has 4 rings (SSSR count). The van der Waals surface area contributed by atoms with Crippen molar-refractivity contribution in [1.29, 1.82) is 0 Å². The first-order valence-electron chi connectivity index (χ1n) is 11.0. The van der Waals surface area contributed by atoms with Crippen LogP contribution in [0, 0.1) is 5.82 Å². The molecule has 0 atom stereocenters. The quantitative estimate of drug-likeness (QED) is 0.432. The van der Waals surface area contributed by atoms with Gasteiger partial charge in [-0.2, -0.15) is 0 Å². The molecule has 1 aromatic heterocycles. The van der Waals surface area contributed by atoms with E-state index in [1.54, 1.807) is 29.3 Å². The van der Waals surface area contributed by atoms with Crippen LogP contribution in [0.2, 0.25) is 5.02 Å². The van der Waals surface area contributed by atoms with Crippen LogP contribution in [-0.4, -0.2) is 70.7 Å². The first-order chi connectivity index (χ1) is 16.8. The summed E-state index contributed by atoms with van der Waals surface area (Å²) >= 11 is 5.97. The molecule has 0 saturated carbocycles. The molecule has 1 aliphatic heterocycles. The van der Waals surface area contributed by atoms with Gasteiger partial charge in [0.05, 0.1) is 11.3 Å². The number of amides is 2. The van der Waals surface area contributed by atoms with E-state index in [0.29, 0.717) is 24.3 Å². The van der Waals surface area contributed by atoms with E-state index in [1.165, 1.54) is 18.5 Å². The summed E-state index contributed by atoms with van der Waals surface area (Å²) in [5.74, 6) is -1.74. The summed E-state index contributed by atoms with van der Waals surface area (Å²) in [4.78, 5) is 46.8. The van der Waals surface area contributed by atoms with E-state index in [2.05, 4.69) is 25.6 Å². The zero-order valence-corrected chi connectivity index (χ0v) is 19.7. The van der Waals surface area contributed by atoms with Crippen LogP contribution >= 0.6 is 11.6 Å². The molecule has 2 heterocycles. The van der Waals surface area contributed by atoms with Gasteiger partial charge >= 0.3 is 0 Å². The Balaban J connectivity index is 1.36. The molecule has 2 aromatic carbocycles. The van der Waals surface area contributed by atoms with Crippen LogP contribution in [0.4, 0.5) is 10.1 Å². The van der Waals surface area contributed by atoms with E-state index in [4.69, 9.17) is 11.6 Å². The molecule has 3 N–H and O–H groups in total. The highest BCUT2D eigenvalue weighted by Crippen LogP contribution is 2.20. The number of halogens is 2. The Bertz CT molecular complexity index is 1240. The Labute approximate surface area is 206 Å². The number of anilines is 1. The lowest BCUT2D eigenvalue weighted by Crippen LogP contribution is -2.52. The maximum absolute atomic E-state index is 13.2. The number of nitrogens with one attached hydrogen (secondary N) is 3. The van der Waals surface area contributed by atoms with Gasteiger partial charge in [0, 0.05) is 43.9 Å². The third-order valence-corrected chi connectivity index (χ3v) is 5.97. The topological polar surface area (TPSA) is 110 Å². The third kappa shape index (κ3) is 6.10. The second-order valence-corrected chi connectivity index (χ2v) is 8.64. The van der Waals surface area contributed by atoms with Gasteiger partial charge in [0.2, 0.25) is 0 Å². The fraction of sp³-hybridized carbons (Fsp3) is 0.250. The summed E-state index contributed by atoms with van der Waals surface area (Å²) < 4.78 is 13.2. The Morgan fingerprint density at radius 1 is 1.06 bits per heavy atom. The standard InChI is InChI=1S/C24H24ClFN6O3/c1-31-8-10-32(11-9-31)30-24(35)22-21(27-14-28-22)23(34)29-17-5-2-15(3-6-17)12-20(33)18-7-4-16(26)13-19(18)25/h2-7,13-14H,8-12H2,1H3,(H,27,28)(H,29,34)(H,30,35). The first-order valence-corrected chi connectivity index (χ1v) is 11.3. The monoisotopic (exact) mass is 498 g/mol. The molecular weight excluding hydrogens is 475 g/mol. The van der Waals surface area contributed by atoms with Gasteiger partial charge in [0.15, 0.2) is 11.5 Å². The molecule has 0 radical (unpaired) electrons. The maximum Gasteiger partial charge on any atom is 0.286 e. The highest BCUT2D eigenvalue weighted by atomic mass is 35.5. The lowest BCUT2D eigenvalue weighted by Gasteiger charge is -2.32. The van der Waals surface area contributed by atoms with Crippen LogP contribution in [0.15, 0.2) is 48.8 Å². The van der Waals surface area contributed by atoms with Crippen LogP contribution in [-0.2, 0) is 6.42 Å². The number of rotatable bonds is 7. The van der Waals surface area contributed by atoms with Crippen molar-refractivity contribution >= 4 is 34.9 Å². The molecule has 9 nitrogen and oxygen atoms in total. The Morgan fingerprint density at radius 2 is 1.77 bits per heavy atom. The summed E-state index contributed by atoms with van der Waals surface area (Å²) in [6.45, 7) is 3.01. The molecule has 182 valence electrons. The highest BCUT2D eigenvalue weighted by Gasteiger charge is 2.23. The van der Waals surface area contributed by atoms with Crippen LogP contribution in [0.5, 0.6) is 0 Å². The molecule has 3 aromatic rings. The van der Waals surface area contributed by atoms with Crippen molar-refractivity contribution in [1.82, 2.24) is 25.3 Å². The average molecular weight is 499 g/mol. The molecule has 11 heteroatoms. The van der Waals surface area contributed by atoms with Crippen molar-refractivity contribution < 1.29 is 18.8 Å². The Hall–Kier alpha value is -3.60. The number of hydrogen-bond donors (Lipinski definition) is 3. The molecular formula is C24H24ClFN6O3. The van der Waals surface area contributed by atoms with Gasteiger partial charge in [-0.3, -0.25) is 19.8 Å². The van der Waals surface area contributed by atoms with Gasteiger partial charge in [-0.05, 0) is 42.9 Å². The number of aromatic amines is 1. The van der Waals surface area contributed by atoms with E-state index in [-0.39, 0.29) is 34.2 Å². The summed E-state index contributed by atoms with van der Waals surface area (Å²) in [6.07, 6.45) is 1.36. The maximum atomic E-state index is 13.2. The number of carbonyl (C=O) groups excluding carboxylic acids is 3. The lowest BCUT2D eigenvalue weighted by atomic mass is 10.0. The predicted octanol–water partition coefficient (Wildman–Crippen LogP) is 2.77. The second kappa shape index (κ2) is 10.8. The number of hydrogen-bond acceptors (Lipinski definition) is 6. The van der Waals surface area contributed by atoms with Crippen molar-refractivity contribution in [2.24, 2.45) is 0 Å². The average Bonchev–Trinajstić information content (AvgIpc) is 3.32. The fourth-order valence-corrected chi connectivity index (χ4v) is 3.92. The van der Waals surface area contributed by atoms with Gasteiger partial charge < -0.3 is 15.2 Å². The minimum atomic E-state index is -0.520. The molecule has 1 aliphatic rings. The number of Topliss-reactive ketones (excluding diaryl/α,β-unsaturated/α-hetero) is 1. The van der Waals surface area contributed by atoms with Crippen LogP contribution in [0.25, 0.3) is 0 Å². The van der Waals surface area contributed by atoms with Crippen molar-refractivity contribution in [2.45, 2.75) is 6.42 Å². The smallest absolute Gasteiger partial charge is 0.286 e. The zero-order chi connectivity index (χ0) is 24.9. The summed E-state index contributed by atoms with van der Waals surface area (Å²) in [7, 11) is 2.01. The van der Waals surface area contributed by atoms with Gasteiger partial charge in [-0.1, -0.05) is 23.7 Å². The molecule has 0 bridgehead atoms. The molecule has 0 aliphatic carbocycles. The van der Waals surface area contributed by atoms with Gasteiger partial charge in [-0.25, -0.2) is 14.4 Å². The molecule has 2 amide bonds. The minimum absolute atomic E-state index is 0.000165. The predicted molar refractivity (Wildman–Crippen MR) is 129 cm³/mol. The molecule has 0 spiro atoms. The SMILES string of the molecule is CN1CCN(NC(=O)c2nc[nH]c2C(=O)Nc2ccc(CC(=O)c3ccc(F)cc3Cl)cc2)CC1. The number of H-pyrrole nitrogens is 1. The number of ketones is 1. The molecule has 1 saturated heterocycles. The van der Waals surface area contributed by atoms with Crippen molar-refractivity contribution in [2.75, 3.05) is 38.5 Å². The Morgan fingerprint density at radius 3 is 2.46 bits per heavy atom. The fourth-order valence-electron chi connectivity index (χ4n) is 3.65. The van der Waals surface area contributed by atoms with E-state index in [1.807, 2.05) is 7.05 Å². The number of piperazine rings is 1. The van der Waals surface area contributed by atoms with E-state index in [0.717, 1.165) is 19.2 Å². The summed E-state index contributed by atoms with van der Waals surface area (Å²) in [5, 5.41) is 4.58. The molecule has 35 heavy (non-hydrogen) atoms. The second-order valence-electron chi connectivity index (χ2n) is 8.23. The summed E-state index contributed by atoms with van der Waals surface area (Å²) in [6, 6.07) is 10.3. The van der Waals surface area contributed by atoms with Crippen LogP contribution < -0.4 is 10.7 Å². The number of imidazole rings is 1. The van der Waals surface area contributed by atoms with Gasteiger partial charge in [0.1, 0.15) is 11.5 Å². The number of likely N-dealkylation sites (N-methyl/N-ethyl adjacent to an activating group) is 1. The lowest BCUT2D eigenvalue weighted by molar-refractivity contribution is 0.0655. The largest absolute Gasteiger partial charge is 0.340 e. The van der Waals surface area contributed by atoms with Crippen molar-refractivity contribution in [3.63, 3.8) is 0 Å². The van der Waals surface area contributed by atoms with E-state index >= 15 is 0 Å². The number of carbonyl (C=O) groups is 3. The van der Waals surface area contributed by atoms with E-state index in [9.17, 15) is 18.8 Å². The highest BCUT2D eigenvalue weighted by molar-refractivity contribution is 6.34. The Kier molecular flexibility index (Phi) is 7.54. The number of nitrogens with zero attached hydrogens (tertiary/aromatic N) is 3. The number of hydrazine groups is 1. The van der Waals surface area contributed by atoms with Crippen LogP contribution in [0.3, 0.4) is 0 Å². The van der Waals surface area contributed by atoms with Crippen LogP contribution in [0.1, 0.15) is 36.9 Å². The number of aromatic nitrogens is 2. The van der Waals surface area contributed by atoms with E-state index < -0.39 is 17.6 Å².